The maximum absolute atomic E-state index is 12.6. The van der Waals surface area contributed by atoms with E-state index < -0.39 is 5.97 Å². The molecule has 24 heavy (non-hydrogen) atoms. The largest absolute Gasteiger partial charge is 0.466 e. The molecule has 0 aromatic heterocycles. The number of anilines is 1. The van der Waals surface area contributed by atoms with Gasteiger partial charge in [0, 0.05) is 11.7 Å². The van der Waals surface area contributed by atoms with Gasteiger partial charge in [0.2, 0.25) is 0 Å². The number of esters is 1. The predicted molar refractivity (Wildman–Crippen MR) is 94.7 cm³/mol. The number of hydrogen-bond donors (Lipinski definition) is 2. The van der Waals surface area contributed by atoms with Crippen LogP contribution in [0.25, 0.3) is 0 Å². The van der Waals surface area contributed by atoms with Gasteiger partial charge in [0.25, 0.3) is 5.91 Å². The molecule has 0 spiro atoms. The normalized spacial score (nSPS) is 15.7. The highest BCUT2D eigenvalue weighted by atomic mass is 16.5. The second-order valence-corrected chi connectivity index (χ2v) is 6.39. The van der Waals surface area contributed by atoms with Gasteiger partial charge < -0.3 is 15.4 Å². The third-order valence-electron chi connectivity index (χ3n) is 4.15. The van der Waals surface area contributed by atoms with E-state index in [4.69, 9.17) is 0 Å². The summed E-state index contributed by atoms with van der Waals surface area (Å²) in [4.78, 5) is 24.2. The summed E-state index contributed by atoms with van der Waals surface area (Å²) in [6, 6.07) is 6.10. The molecule has 0 saturated heterocycles. The van der Waals surface area contributed by atoms with Crippen LogP contribution < -0.4 is 10.6 Å². The topological polar surface area (TPSA) is 67.4 Å². The molecule has 1 aromatic rings. The Labute approximate surface area is 143 Å². The number of rotatable bonds is 5. The number of carbonyl (C=O) groups is 2. The van der Waals surface area contributed by atoms with Gasteiger partial charge in [-0.3, -0.25) is 4.79 Å². The summed E-state index contributed by atoms with van der Waals surface area (Å²) >= 11 is 0. The molecule has 2 N–H and O–H groups in total. The van der Waals surface area contributed by atoms with Crippen molar-refractivity contribution in [2.24, 2.45) is 0 Å². The molecule has 1 aromatic carbocycles. The Morgan fingerprint density at radius 2 is 1.71 bits per heavy atom. The first-order valence-electron chi connectivity index (χ1n) is 8.44. The molecule has 0 radical (unpaired) electrons. The number of amides is 1. The van der Waals surface area contributed by atoms with Gasteiger partial charge in [0.05, 0.1) is 13.2 Å². The first kappa shape index (κ1) is 18.0. The molecule has 0 unspecified atom stereocenters. The molecule has 5 heteroatoms. The molecule has 1 aliphatic carbocycles. The number of ether oxygens (including phenoxy) is 1. The lowest BCUT2D eigenvalue weighted by Gasteiger charge is -2.23. The molecule has 130 valence electrons. The van der Waals surface area contributed by atoms with Crippen molar-refractivity contribution in [1.82, 2.24) is 5.32 Å². The summed E-state index contributed by atoms with van der Waals surface area (Å²) < 4.78 is 4.67. The smallest absolute Gasteiger partial charge is 0.332 e. The third-order valence-corrected chi connectivity index (χ3v) is 4.15. The van der Waals surface area contributed by atoms with Crippen molar-refractivity contribution in [3.8, 4) is 0 Å². The quantitative estimate of drug-likeness (QED) is 0.642. The van der Waals surface area contributed by atoms with Crippen LogP contribution >= 0.6 is 0 Å². The Bertz CT molecular complexity index is 611. The summed E-state index contributed by atoms with van der Waals surface area (Å²) in [6.45, 7) is 3.98. The molecule has 0 heterocycles. The first-order valence-corrected chi connectivity index (χ1v) is 8.44. The molecule has 5 nitrogen and oxygen atoms in total. The van der Waals surface area contributed by atoms with Crippen molar-refractivity contribution in [2.75, 3.05) is 12.4 Å². The maximum atomic E-state index is 12.6. The number of aryl methyl sites for hydroxylation is 2. The van der Waals surface area contributed by atoms with Crippen LogP contribution in [-0.2, 0) is 14.3 Å². The van der Waals surface area contributed by atoms with Crippen molar-refractivity contribution in [3.63, 3.8) is 0 Å². The first-order chi connectivity index (χ1) is 11.5. The summed E-state index contributed by atoms with van der Waals surface area (Å²) in [5.41, 5.74) is 3.16. The average Bonchev–Trinajstić information content (AvgIpc) is 2.54. The second kappa shape index (κ2) is 8.52. The van der Waals surface area contributed by atoms with E-state index in [2.05, 4.69) is 21.4 Å². The molecule has 1 aliphatic rings. The Kier molecular flexibility index (Phi) is 6.41. The van der Waals surface area contributed by atoms with Gasteiger partial charge in [-0.25, -0.2) is 4.79 Å². The number of carbonyl (C=O) groups excluding carboxylic acids is 2. The van der Waals surface area contributed by atoms with Crippen molar-refractivity contribution >= 4 is 17.6 Å². The molecule has 2 rings (SSSR count). The summed E-state index contributed by atoms with van der Waals surface area (Å²) in [5.74, 6) is -0.827. The highest BCUT2D eigenvalue weighted by Crippen LogP contribution is 2.19. The second-order valence-electron chi connectivity index (χ2n) is 6.39. The summed E-state index contributed by atoms with van der Waals surface area (Å²) in [5, 5.41) is 6.08. The van der Waals surface area contributed by atoms with E-state index in [1.54, 1.807) is 0 Å². The van der Waals surface area contributed by atoms with E-state index in [1.807, 2.05) is 26.0 Å². The molecule has 0 atom stereocenters. The van der Waals surface area contributed by atoms with Crippen LogP contribution in [0, 0.1) is 13.8 Å². The number of nitrogens with one attached hydrogen (secondary N) is 2. The van der Waals surface area contributed by atoms with Gasteiger partial charge in [0.15, 0.2) is 0 Å². The van der Waals surface area contributed by atoms with Crippen molar-refractivity contribution in [3.05, 3.63) is 41.1 Å². The van der Waals surface area contributed by atoms with Crippen LogP contribution in [-0.4, -0.2) is 25.0 Å². The minimum absolute atomic E-state index is 0.174. The zero-order valence-electron chi connectivity index (χ0n) is 14.6. The van der Waals surface area contributed by atoms with Crippen LogP contribution in [0.3, 0.4) is 0 Å². The fourth-order valence-corrected chi connectivity index (χ4v) is 3.05. The van der Waals surface area contributed by atoms with Crippen LogP contribution in [0.4, 0.5) is 5.69 Å². The van der Waals surface area contributed by atoms with Gasteiger partial charge >= 0.3 is 5.97 Å². The number of hydrogen-bond acceptors (Lipinski definition) is 4. The van der Waals surface area contributed by atoms with Gasteiger partial charge in [-0.15, -0.1) is 0 Å². The van der Waals surface area contributed by atoms with E-state index in [0.29, 0.717) is 0 Å². The van der Waals surface area contributed by atoms with Crippen LogP contribution in [0.1, 0.15) is 43.2 Å². The average molecular weight is 330 g/mol. The van der Waals surface area contributed by atoms with Crippen LogP contribution in [0.5, 0.6) is 0 Å². The Hall–Kier alpha value is -2.30. The zero-order valence-corrected chi connectivity index (χ0v) is 14.6. The maximum Gasteiger partial charge on any atom is 0.332 e. The zero-order chi connectivity index (χ0) is 17.5. The van der Waals surface area contributed by atoms with Gasteiger partial charge in [0.1, 0.15) is 5.70 Å². The monoisotopic (exact) mass is 330 g/mol. The fraction of sp³-hybridized carbons (Fsp3) is 0.474. The van der Waals surface area contributed by atoms with E-state index in [9.17, 15) is 9.59 Å². The lowest BCUT2D eigenvalue weighted by Crippen LogP contribution is -2.38. The van der Waals surface area contributed by atoms with E-state index in [1.165, 1.54) is 19.6 Å². The molecule has 0 aliphatic heterocycles. The van der Waals surface area contributed by atoms with Crippen molar-refractivity contribution < 1.29 is 14.3 Å². The van der Waals surface area contributed by atoms with Gasteiger partial charge in [-0.05, 0) is 49.9 Å². The SMILES string of the molecule is COC(=O)/C=C(\Nc1cc(C)cc(C)c1)C(=O)NC1CCCCC1. The van der Waals surface area contributed by atoms with Gasteiger partial charge in [-0.1, -0.05) is 25.3 Å². The molecular formula is C19H26N2O3. The molecule has 1 amide bonds. The molecule has 1 saturated carbocycles. The Morgan fingerprint density at radius 1 is 1.08 bits per heavy atom. The minimum Gasteiger partial charge on any atom is -0.466 e. The highest BCUT2D eigenvalue weighted by Gasteiger charge is 2.19. The summed E-state index contributed by atoms with van der Waals surface area (Å²) in [7, 11) is 1.30. The van der Waals surface area contributed by atoms with Crippen molar-refractivity contribution in [1.29, 1.82) is 0 Å². The molecular weight excluding hydrogens is 304 g/mol. The fourth-order valence-electron chi connectivity index (χ4n) is 3.05. The summed E-state index contributed by atoms with van der Waals surface area (Å²) in [6.07, 6.45) is 6.66. The third kappa shape index (κ3) is 5.41. The van der Waals surface area contributed by atoms with E-state index in [-0.39, 0.29) is 17.6 Å². The number of methoxy groups -OCH3 is 1. The van der Waals surface area contributed by atoms with Crippen molar-refractivity contribution in [2.45, 2.75) is 52.0 Å². The lowest BCUT2D eigenvalue weighted by atomic mass is 9.95. The molecule has 1 fully saturated rings. The van der Waals surface area contributed by atoms with Crippen LogP contribution in [0.2, 0.25) is 0 Å². The standard InChI is InChI=1S/C19H26N2O3/c1-13-9-14(2)11-16(10-13)20-17(12-18(22)24-3)19(23)21-15-7-5-4-6-8-15/h9-12,15,20H,4-8H2,1-3H3,(H,21,23)/b17-12-. The highest BCUT2D eigenvalue weighted by molar-refractivity contribution is 6.01. The molecule has 0 bridgehead atoms. The van der Waals surface area contributed by atoms with Crippen LogP contribution in [0.15, 0.2) is 30.0 Å². The lowest BCUT2D eigenvalue weighted by molar-refractivity contribution is -0.135. The predicted octanol–water partition coefficient (Wildman–Crippen LogP) is 3.22. The Morgan fingerprint density at radius 3 is 2.29 bits per heavy atom. The van der Waals surface area contributed by atoms with Gasteiger partial charge in [-0.2, -0.15) is 0 Å². The number of benzene rings is 1. The van der Waals surface area contributed by atoms with E-state index >= 15 is 0 Å². The minimum atomic E-state index is -0.555. The van der Waals surface area contributed by atoms with E-state index in [0.717, 1.165) is 42.5 Å². The Balaban J connectivity index is 2.15.